The average Bonchev–Trinajstić information content (AvgIpc) is 2.87. The number of carbonyl (C=O) groups is 1. The summed E-state index contributed by atoms with van der Waals surface area (Å²) < 4.78 is 20.4. The number of hydrogen-bond donors (Lipinski definition) is 0. The normalized spacial score (nSPS) is 10.9. The second kappa shape index (κ2) is 6.45. The van der Waals surface area contributed by atoms with Crippen LogP contribution in [0.4, 0.5) is 4.39 Å². The van der Waals surface area contributed by atoms with E-state index in [0.717, 1.165) is 6.20 Å². The molecule has 0 saturated heterocycles. The molecule has 0 unspecified atom stereocenters. The number of halogens is 1. The summed E-state index contributed by atoms with van der Waals surface area (Å²) in [5.74, 6) is -0.803. The summed E-state index contributed by atoms with van der Waals surface area (Å²) in [5, 5.41) is 4.14. The van der Waals surface area contributed by atoms with E-state index in [1.54, 1.807) is 0 Å². The fraction of sp³-hybridized carbons (Fsp3) is 0.357. The number of nitrogens with zero attached hydrogens (tertiary/aromatic N) is 4. The topological polar surface area (TPSA) is 60.2 Å². The molecular formula is C14H17FN4O2. The molecule has 112 valence electrons. The first-order valence-electron chi connectivity index (χ1n) is 6.43. The van der Waals surface area contributed by atoms with Crippen LogP contribution in [0.2, 0.25) is 0 Å². The molecule has 0 spiro atoms. The third-order valence-electron chi connectivity index (χ3n) is 3.02. The number of aromatic nitrogens is 3. The van der Waals surface area contributed by atoms with Crippen molar-refractivity contribution in [3.05, 3.63) is 41.7 Å². The molecule has 0 bridgehead atoms. The van der Waals surface area contributed by atoms with Gasteiger partial charge in [-0.2, -0.15) is 5.10 Å². The highest BCUT2D eigenvalue weighted by Gasteiger charge is 2.23. The van der Waals surface area contributed by atoms with Gasteiger partial charge in [0.15, 0.2) is 17.3 Å². The van der Waals surface area contributed by atoms with Gasteiger partial charge in [0.25, 0.3) is 0 Å². The van der Waals surface area contributed by atoms with Crippen molar-refractivity contribution in [1.82, 2.24) is 19.7 Å². The molecule has 0 saturated carbocycles. The van der Waals surface area contributed by atoms with E-state index in [9.17, 15) is 9.18 Å². The number of pyridine rings is 1. The van der Waals surface area contributed by atoms with Gasteiger partial charge in [0.05, 0.1) is 31.6 Å². The van der Waals surface area contributed by atoms with Crippen LogP contribution in [-0.2, 0) is 6.54 Å². The van der Waals surface area contributed by atoms with E-state index in [1.165, 1.54) is 30.3 Å². The molecule has 0 aliphatic rings. The van der Waals surface area contributed by atoms with Gasteiger partial charge in [-0.1, -0.05) is 0 Å². The molecule has 0 aliphatic carbocycles. The third kappa shape index (κ3) is 3.25. The molecular weight excluding hydrogens is 275 g/mol. The molecule has 2 aromatic rings. The zero-order chi connectivity index (χ0) is 15.4. The number of ether oxygens (including phenoxy) is 1. The monoisotopic (exact) mass is 292 g/mol. The van der Waals surface area contributed by atoms with Gasteiger partial charge >= 0.3 is 0 Å². The van der Waals surface area contributed by atoms with Crippen molar-refractivity contribution < 1.29 is 13.9 Å². The minimum absolute atomic E-state index is 0.0464. The maximum atomic E-state index is 13.8. The number of likely N-dealkylation sites (N-methyl/N-ethyl adjacent to an activating group) is 1. The van der Waals surface area contributed by atoms with Gasteiger partial charge in [-0.05, 0) is 20.2 Å². The SMILES string of the molecule is COc1cnn(CCN(C)C)c1C(=O)c1ccncc1F. The molecule has 7 heteroatoms. The lowest BCUT2D eigenvalue weighted by molar-refractivity contribution is 0.102. The Hall–Kier alpha value is -2.28. The lowest BCUT2D eigenvalue weighted by Crippen LogP contribution is -2.22. The fourth-order valence-corrected chi connectivity index (χ4v) is 1.90. The van der Waals surface area contributed by atoms with Crippen LogP contribution < -0.4 is 4.74 Å². The highest BCUT2D eigenvalue weighted by molar-refractivity contribution is 6.09. The quantitative estimate of drug-likeness (QED) is 0.749. The summed E-state index contributed by atoms with van der Waals surface area (Å²) in [4.78, 5) is 18.2. The Labute approximate surface area is 122 Å². The molecule has 2 rings (SSSR count). The van der Waals surface area contributed by atoms with Crippen molar-refractivity contribution in [3.63, 3.8) is 0 Å². The molecule has 0 amide bonds. The first-order valence-corrected chi connectivity index (χ1v) is 6.43. The van der Waals surface area contributed by atoms with Crippen LogP contribution in [0.25, 0.3) is 0 Å². The molecule has 0 fully saturated rings. The fourth-order valence-electron chi connectivity index (χ4n) is 1.90. The van der Waals surface area contributed by atoms with Crippen molar-refractivity contribution in [1.29, 1.82) is 0 Å². The lowest BCUT2D eigenvalue weighted by atomic mass is 10.1. The van der Waals surface area contributed by atoms with Crippen molar-refractivity contribution in [2.24, 2.45) is 0 Å². The molecule has 21 heavy (non-hydrogen) atoms. The van der Waals surface area contributed by atoms with Crippen LogP contribution in [0, 0.1) is 5.82 Å². The minimum Gasteiger partial charge on any atom is -0.493 e. The summed E-state index contributed by atoms with van der Waals surface area (Å²) in [6.07, 6.45) is 3.85. The Balaban J connectivity index is 2.39. The van der Waals surface area contributed by atoms with E-state index in [2.05, 4.69) is 10.1 Å². The smallest absolute Gasteiger partial charge is 0.217 e. The van der Waals surface area contributed by atoms with E-state index in [4.69, 9.17) is 4.74 Å². The van der Waals surface area contributed by atoms with E-state index in [0.29, 0.717) is 18.8 Å². The maximum absolute atomic E-state index is 13.8. The Bertz CT molecular complexity index is 640. The molecule has 0 radical (unpaired) electrons. The number of carbonyl (C=O) groups excluding carboxylic acids is 1. The summed E-state index contributed by atoms with van der Waals surface area (Å²) in [6.45, 7) is 1.20. The van der Waals surface area contributed by atoms with E-state index in [1.807, 2.05) is 19.0 Å². The predicted molar refractivity (Wildman–Crippen MR) is 75.0 cm³/mol. The van der Waals surface area contributed by atoms with Gasteiger partial charge in [-0.15, -0.1) is 0 Å². The van der Waals surface area contributed by atoms with E-state index >= 15 is 0 Å². The molecule has 6 nitrogen and oxygen atoms in total. The standard InChI is InChI=1S/C14H17FN4O2/c1-18(2)6-7-19-13(12(21-3)9-17-19)14(20)10-4-5-16-8-11(10)15/h4-5,8-9H,6-7H2,1-3H3. The Morgan fingerprint density at radius 1 is 1.43 bits per heavy atom. The van der Waals surface area contributed by atoms with Crippen LogP contribution in [0.1, 0.15) is 16.1 Å². The molecule has 0 atom stereocenters. The largest absolute Gasteiger partial charge is 0.493 e. The molecule has 2 aromatic heterocycles. The zero-order valence-electron chi connectivity index (χ0n) is 12.2. The van der Waals surface area contributed by atoms with Crippen LogP contribution >= 0.6 is 0 Å². The van der Waals surface area contributed by atoms with Gasteiger partial charge in [0.2, 0.25) is 5.78 Å². The van der Waals surface area contributed by atoms with Crippen molar-refractivity contribution in [3.8, 4) is 5.75 Å². The second-order valence-electron chi connectivity index (χ2n) is 4.77. The molecule has 0 aromatic carbocycles. The highest BCUT2D eigenvalue weighted by atomic mass is 19.1. The number of ketones is 1. The Morgan fingerprint density at radius 2 is 2.19 bits per heavy atom. The molecule has 0 aliphatic heterocycles. The van der Waals surface area contributed by atoms with E-state index in [-0.39, 0.29) is 11.3 Å². The Kier molecular flexibility index (Phi) is 4.64. The van der Waals surface area contributed by atoms with Gasteiger partial charge in [0.1, 0.15) is 0 Å². The second-order valence-corrected chi connectivity index (χ2v) is 4.77. The lowest BCUT2D eigenvalue weighted by Gasteiger charge is -2.12. The predicted octanol–water partition coefficient (Wildman–Crippen LogP) is 1.22. The zero-order valence-corrected chi connectivity index (χ0v) is 12.2. The highest BCUT2D eigenvalue weighted by Crippen LogP contribution is 2.22. The molecule has 2 heterocycles. The van der Waals surface area contributed by atoms with Gasteiger partial charge < -0.3 is 9.64 Å². The van der Waals surface area contributed by atoms with Gasteiger partial charge in [-0.25, -0.2) is 4.39 Å². The average molecular weight is 292 g/mol. The van der Waals surface area contributed by atoms with Gasteiger partial charge in [-0.3, -0.25) is 14.5 Å². The number of hydrogen-bond acceptors (Lipinski definition) is 5. The van der Waals surface area contributed by atoms with Crippen LogP contribution in [0.3, 0.4) is 0 Å². The van der Waals surface area contributed by atoms with Crippen LogP contribution in [-0.4, -0.2) is 53.2 Å². The number of rotatable bonds is 6. The first-order chi connectivity index (χ1) is 10.0. The van der Waals surface area contributed by atoms with Gasteiger partial charge in [0, 0.05) is 12.7 Å². The van der Waals surface area contributed by atoms with Crippen LogP contribution in [0.5, 0.6) is 5.75 Å². The minimum atomic E-state index is -0.662. The maximum Gasteiger partial charge on any atom is 0.217 e. The molecule has 0 N–H and O–H groups in total. The van der Waals surface area contributed by atoms with Crippen molar-refractivity contribution in [2.75, 3.05) is 27.7 Å². The van der Waals surface area contributed by atoms with Crippen molar-refractivity contribution >= 4 is 5.78 Å². The summed E-state index contributed by atoms with van der Waals surface area (Å²) in [7, 11) is 5.29. The third-order valence-corrected chi connectivity index (χ3v) is 3.02. The van der Waals surface area contributed by atoms with E-state index < -0.39 is 11.6 Å². The number of methoxy groups -OCH3 is 1. The first kappa shape index (κ1) is 15.1. The van der Waals surface area contributed by atoms with Crippen molar-refractivity contribution in [2.45, 2.75) is 6.54 Å². The summed E-state index contributed by atoms with van der Waals surface area (Å²) >= 11 is 0. The van der Waals surface area contributed by atoms with Crippen LogP contribution in [0.15, 0.2) is 24.7 Å². The summed E-state index contributed by atoms with van der Waals surface area (Å²) in [6, 6.07) is 1.35. The summed E-state index contributed by atoms with van der Waals surface area (Å²) in [5.41, 5.74) is 0.194. The Morgan fingerprint density at radius 3 is 2.81 bits per heavy atom.